The zero-order chi connectivity index (χ0) is 19.7. The Morgan fingerprint density at radius 1 is 1.18 bits per heavy atom. The predicted octanol–water partition coefficient (Wildman–Crippen LogP) is 2.52. The van der Waals surface area contributed by atoms with Crippen molar-refractivity contribution in [1.29, 1.82) is 0 Å². The maximum absolute atomic E-state index is 12.2. The summed E-state index contributed by atoms with van der Waals surface area (Å²) in [6, 6.07) is 8.20. The van der Waals surface area contributed by atoms with Crippen LogP contribution in [0.15, 0.2) is 30.5 Å². The van der Waals surface area contributed by atoms with Crippen molar-refractivity contribution < 1.29 is 9.53 Å². The molecule has 28 heavy (non-hydrogen) atoms. The fourth-order valence-electron chi connectivity index (χ4n) is 4.55. The molecule has 7 nitrogen and oxygen atoms in total. The highest BCUT2D eigenvalue weighted by Crippen LogP contribution is 2.41. The predicted molar refractivity (Wildman–Crippen MR) is 108 cm³/mol. The van der Waals surface area contributed by atoms with Crippen molar-refractivity contribution in [2.24, 2.45) is 0 Å². The number of fused-ring (bicyclic) bond motifs is 2. The van der Waals surface area contributed by atoms with E-state index in [1.54, 1.807) is 7.11 Å². The quantitative estimate of drug-likeness (QED) is 0.885. The SMILES string of the molecule is CCNC(=O)N1CCC2(CC1)c1ncc(-c3ccc(OC)cc3)n1CCN2C. The first-order valence-corrected chi connectivity index (χ1v) is 10.0. The van der Waals surface area contributed by atoms with Gasteiger partial charge in [-0.05, 0) is 51.1 Å². The third-order valence-corrected chi connectivity index (χ3v) is 6.25. The van der Waals surface area contributed by atoms with E-state index in [9.17, 15) is 4.79 Å². The first-order chi connectivity index (χ1) is 13.6. The molecule has 0 radical (unpaired) electrons. The van der Waals surface area contributed by atoms with Crippen LogP contribution in [0.25, 0.3) is 11.3 Å². The summed E-state index contributed by atoms with van der Waals surface area (Å²) in [5.74, 6) is 1.98. The second kappa shape index (κ2) is 7.47. The number of amides is 2. The van der Waals surface area contributed by atoms with Crippen LogP contribution in [0.1, 0.15) is 25.6 Å². The summed E-state index contributed by atoms with van der Waals surface area (Å²) >= 11 is 0. The van der Waals surface area contributed by atoms with Crippen LogP contribution in [0, 0.1) is 0 Å². The number of nitrogens with zero attached hydrogens (tertiary/aromatic N) is 4. The van der Waals surface area contributed by atoms with Gasteiger partial charge in [-0.3, -0.25) is 4.90 Å². The number of ether oxygens (including phenoxy) is 1. The monoisotopic (exact) mass is 383 g/mol. The molecule has 7 heteroatoms. The molecule has 150 valence electrons. The van der Waals surface area contributed by atoms with E-state index in [1.807, 2.05) is 30.2 Å². The van der Waals surface area contributed by atoms with Gasteiger partial charge in [-0.15, -0.1) is 0 Å². The van der Waals surface area contributed by atoms with Gasteiger partial charge >= 0.3 is 6.03 Å². The number of hydrogen-bond acceptors (Lipinski definition) is 4. The molecule has 2 aliphatic heterocycles. The van der Waals surface area contributed by atoms with E-state index >= 15 is 0 Å². The van der Waals surface area contributed by atoms with Crippen LogP contribution in [0.2, 0.25) is 0 Å². The van der Waals surface area contributed by atoms with Crippen LogP contribution in [0.5, 0.6) is 5.75 Å². The number of methoxy groups -OCH3 is 1. The molecule has 2 aliphatic rings. The highest BCUT2D eigenvalue weighted by Gasteiger charge is 2.46. The van der Waals surface area contributed by atoms with Gasteiger partial charge in [0.2, 0.25) is 0 Å². The molecule has 1 N–H and O–H groups in total. The number of carbonyl (C=O) groups excluding carboxylic acids is 1. The van der Waals surface area contributed by atoms with Gasteiger partial charge in [0.05, 0.1) is 24.5 Å². The second-order valence-electron chi connectivity index (χ2n) is 7.62. The minimum atomic E-state index is -0.105. The lowest BCUT2D eigenvalue weighted by Crippen LogP contribution is -2.58. The molecular weight excluding hydrogens is 354 g/mol. The molecular formula is C21H29N5O2. The lowest BCUT2D eigenvalue weighted by molar-refractivity contribution is 0.0187. The molecule has 3 heterocycles. The Kier molecular flexibility index (Phi) is 5.02. The van der Waals surface area contributed by atoms with E-state index in [2.05, 4.69) is 34.0 Å². The van der Waals surface area contributed by atoms with Gasteiger partial charge in [0.25, 0.3) is 0 Å². The van der Waals surface area contributed by atoms with E-state index in [1.165, 1.54) is 0 Å². The van der Waals surface area contributed by atoms with Gasteiger partial charge in [0, 0.05) is 38.3 Å². The molecule has 2 amide bonds. The van der Waals surface area contributed by atoms with E-state index in [4.69, 9.17) is 9.72 Å². The van der Waals surface area contributed by atoms with Crippen LogP contribution in [-0.4, -0.2) is 65.7 Å². The summed E-state index contributed by atoms with van der Waals surface area (Å²) in [5, 5.41) is 2.91. The third kappa shape index (κ3) is 3.03. The van der Waals surface area contributed by atoms with Gasteiger partial charge < -0.3 is 19.5 Å². The number of benzene rings is 1. The Morgan fingerprint density at radius 2 is 1.89 bits per heavy atom. The molecule has 0 bridgehead atoms. The maximum Gasteiger partial charge on any atom is 0.317 e. The molecule has 0 aliphatic carbocycles. The molecule has 2 aromatic rings. The summed E-state index contributed by atoms with van der Waals surface area (Å²) in [5.41, 5.74) is 2.20. The van der Waals surface area contributed by atoms with Crippen LogP contribution in [-0.2, 0) is 12.1 Å². The minimum absolute atomic E-state index is 0.0399. The average molecular weight is 383 g/mol. The number of aromatic nitrogens is 2. The number of piperidine rings is 1. The number of hydrogen-bond donors (Lipinski definition) is 1. The number of carbonyl (C=O) groups is 1. The average Bonchev–Trinajstić information content (AvgIpc) is 3.17. The van der Waals surface area contributed by atoms with Crippen molar-refractivity contribution >= 4 is 6.03 Å². The highest BCUT2D eigenvalue weighted by atomic mass is 16.5. The Bertz CT molecular complexity index is 837. The minimum Gasteiger partial charge on any atom is -0.497 e. The van der Waals surface area contributed by atoms with Crippen molar-refractivity contribution in [2.45, 2.75) is 31.8 Å². The van der Waals surface area contributed by atoms with Crippen LogP contribution in [0.3, 0.4) is 0 Å². The molecule has 1 aromatic heterocycles. The summed E-state index contributed by atoms with van der Waals surface area (Å²) in [7, 11) is 3.87. The lowest BCUT2D eigenvalue weighted by Gasteiger charge is -2.49. The molecule has 1 saturated heterocycles. The van der Waals surface area contributed by atoms with Gasteiger partial charge in [0.15, 0.2) is 0 Å². The van der Waals surface area contributed by atoms with E-state index in [0.717, 1.165) is 61.9 Å². The van der Waals surface area contributed by atoms with Gasteiger partial charge in [-0.2, -0.15) is 0 Å². The largest absolute Gasteiger partial charge is 0.497 e. The number of rotatable bonds is 3. The molecule has 1 spiro atoms. The van der Waals surface area contributed by atoms with Crippen molar-refractivity contribution in [3.63, 3.8) is 0 Å². The topological polar surface area (TPSA) is 62.6 Å². The van der Waals surface area contributed by atoms with Crippen LogP contribution in [0.4, 0.5) is 4.79 Å². The normalized spacial score (nSPS) is 18.8. The number of imidazole rings is 1. The van der Waals surface area contributed by atoms with Crippen LogP contribution < -0.4 is 10.1 Å². The Hall–Kier alpha value is -2.54. The first kappa shape index (κ1) is 18.8. The van der Waals surface area contributed by atoms with Crippen molar-refractivity contribution in [3.8, 4) is 17.0 Å². The number of likely N-dealkylation sites (tertiary alicyclic amines) is 1. The molecule has 4 rings (SSSR count). The summed E-state index contributed by atoms with van der Waals surface area (Å²) in [4.78, 5) is 21.4. The number of urea groups is 1. The Balaban J connectivity index is 1.62. The molecule has 0 unspecified atom stereocenters. The zero-order valence-electron chi connectivity index (χ0n) is 16.9. The molecule has 0 saturated carbocycles. The van der Waals surface area contributed by atoms with Crippen LogP contribution >= 0.6 is 0 Å². The molecule has 1 aromatic carbocycles. The van der Waals surface area contributed by atoms with Crippen molar-refractivity contribution in [3.05, 3.63) is 36.3 Å². The summed E-state index contributed by atoms with van der Waals surface area (Å²) in [6.07, 6.45) is 3.80. The maximum atomic E-state index is 12.2. The summed E-state index contributed by atoms with van der Waals surface area (Å²) < 4.78 is 7.65. The number of likely N-dealkylation sites (N-methyl/N-ethyl adjacent to an activating group) is 1. The number of nitrogens with one attached hydrogen (secondary N) is 1. The third-order valence-electron chi connectivity index (χ3n) is 6.25. The van der Waals surface area contributed by atoms with Crippen molar-refractivity contribution in [1.82, 2.24) is 24.7 Å². The summed E-state index contributed by atoms with van der Waals surface area (Å²) in [6.45, 7) is 6.02. The van der Waals surface area contributed by atoms with E-state index in [0.29, 0.717) is 6.54 Å². The standard InChI is InChI=1S/C21H29N5O2/c1-4-22-20(27)25-11-9-21(10-12-25)19-23-15-18(26(19)14-13-24(21)2)16-5-7-17(28-3)8-6-16/h5-8,15H,4,9-14H2,1-3H3,(H,22,27). The zero-order valence-corrected chi connectivity index (χ0v) is 16.9. The Labute approximate surface area is 166 Å². The highest BCUT2D eigenvalue weighted by molar-refractivity contribution is 5.74. The van der Waals surface area contributed by atoms with Gasteiger partial charge in [-0.1, -0.05) is 0 Å². The van der Waals surface area contributed by atoms with Gasteiger partial charge in [0.1, 0.15) is 11.6 Å². The van der Waals surface area contributed by atoms with Crippen molar-refractivity contribution in [2.75, 3.05) is 40.3 Å². The Morgan fingerprint density at radius 3 is 2.54 bits per heavy atom. The second-order valence-corrected chi connectivity index (χ2v) is 7.62. The first-order valence-electron chi connectivity index (χ1n) is 10.0. The lowest BCUT2D eigenvalue weighted by atomic mass is 9.83. The smallest absolute Gasteiger partial charge is 0.317 e. The molecule has 0 atom stereocenters. The fraction of sp³-hybridized carbons (Fsp3) is 0.524. The van der Waals surface area contributed by atoms with E-state index < -0.39 is 0 Å². The molecule has 1 fully saturated rings. The van der Waals surface area contributed by atoms with Gasteiger partial charge in [-0.25, -0.2) is 9.78 Å². The van der Waals surface area contributed by atoms with E-state index in [-0.39, 0.29) is 11.6 Å². The fourth-order valence-corrected chi connectivity index (χ4v) is 4.55.